The summed E-state index contributed by atoms with van der Waals surface area (Å²) in [6, 6.07) is 7.54. The minimum atomic E-state index is -1.02. The van der Waals surface area contributed by atoms with E-state index < -0.39 is 10.8 Å². The third kappa shape index (κ3) is 4.23. The van der Waals surface area contributed by atoms with Crippen molar-refractivity contribution in [3.05, 3.63) is 48.6 Å². The van der Waals surface area contributed by atoms with E-state index >= 15 is 0 Å². The second kappa shape index (κ2) is 7.13. The van der Waals surface area contributed by atoms with Gasteiger partial charge in [0, 0.05) is 23.0 Å². The predicted molar refractivity (Wildman–Crippen MR) is 86.3 cm³/mol. The van der Waals surface area contributed by atoms with Gasteiger partial charge in [-0.05, 0) is 23.8 Å². The number of benzene rings is 1. The molecule has 2 atom stereocenters. The van der Waals surface area contributed by atoms with E-state index in [4.69, 9.17) is 0 Å². The zero-order valence-electron chi connectivity index (χ0n) is 11.9. The SMILES string of the molecule is C=CCS(=O)c1ccc(C=CC2=NNC(=O)CC2C)cc1. The third-order valence-corrected chi connectivity index (χ3v) is 4.50. The molecule has 4 nitrogen and oxygen atoms in total. The summed E-state index contributed by atoms with van der Waals surface area (Å²) in [4.78, 5) is 12.0. The van der Waals surface area contributed by atoms with Gasteiger partial charge in [-0.3, -0.25) is 9.00 Å². The Balaban J connectivity index is 2.06. The molecule has 0 aliphatic carbocycles. The van der Waals surface area contributed by atoms with Crippen LogP contribution in [-0.2, 0) is 15.6 Å². The van der Waals surface area contributed by atoms with Gasteiger partial charge in [-0.25, -0.2) is 5.43 Å². The van der Waals surface area contributed by atoms with Gasteiger partial charge in [0.25, 0.3) is 0 Å². The molecule has 0 bridgehead atoms. The van der Waals surface area contributed by atoms with Crippen LogP contribution in [0.25, 0.3) is 6.08 Å². The second-order valence-corrected chi connectivity index (χ2v) is 6.38. The minimum Gasteiger partial charge on any atom is -0.273 e. The fourth-order valence-corrected chi connectivity index (χ4v) is 2.83. The Hall–Kier alpha value is -2.01. The van der Waals surface area contributed by atoms with Gasteiger partial charge >= 0.3 is 0 Å². The monoisotopic (exact) mass is 302 g/mol. The standard InChI is InChI=1S/C16H18N2O2S/c1-3-10-21(20)14-7-4-13(5-8-14)6-9-15-12(2)11-16(19)18-17-15/h3-9,12H,1,10-11H2,2H3,(H,18,19). The molecule has 0 saturated heterocycles. The maximum atomic E-state index is 11.8. The number of carbonyl (C=O) groups excluding carboxylic acids is 1. The van der Waals surface area contributed by atoms with Gasteiger partial charge in [0.15, 0.2) is 0 Å². The lowest BCUT2D eigenvalue weighted by atomic mass is 9.99. The Morgan fingerprint density at radius 1 is 1.38 bits per heavy atom. The number of carbonyl (C=O) groups is 1. The van der Waals surface area contributed by atoms with Gasteiger partial charge in [0.05, 0.1) is 16.5 Å². The molecular weight excluding hydrogens is 284 g/mol. The molecule has 1 aliphatic rings. The molecule has 2 rings (SSSR count). The van der Waals surface area contributed by atoms with E-state index in [2.05, 4.69) is 17.1 Å². The maximum Gasteiger partial charge on any atom is 0.240 e. The number of hydrazone groups is 1. The predicted octanol–water partition coefficient (Wildman–Crippen LogP) is 2.51. The molecule has 1 heterocycles. The first-order valence-electron chi connectivity index (χ1n) is 6.74. The summed E-state index contributed by atoms with van der Waals surface area (Å²) in [7, 11) is -1.02. The van der Waals surface area contributed by atoms with Crippen molar-refractivity contribution in [2.75, 3.05) is 5.75 Å². The first kappa shape index (κ1) is 15.4. The molecule has 1 aliphatic heterocycles. The molecule has 0 saturated carbocycles. The molecule has 0 aromatic heterocycles. The Kier molecular flexibility index (Phi) is 5.22. The smallest absolute Gasteiger partial charge is 0.240 e. The van der Waals surface area contributed by atoms with E-state index in [1.54, 1.807) is 6.08 Å². The van der Waals surface area contributed by atoms with Gasteiger partial charge in [-0.15, -0.1) is 6.58 Å². The van der Waals surface area contributed by atoms with Crippen LogP contribution in [0.3, 0.4) is 0 Å². The molecule has 21 heavy (non-hydrogen) atoms. The highest BCUT2D eigenvalue weighted by atomic mass is 32.2. The summed E-state index contributed by atoms with van der Waals surface area (Å²) in [6.45, 7) is 5.57. The van der Waals surface area contributed by atoms with Crippen molar-refractivity contribution in [3.63, 3.8) is 0 Å². The number of hydrogen-bond acceptors (Lipinski definition) is 3. The zero-order chi connectivity index (χ0) is 15.2. The van der Waals surface area contributed by atoms with Crippen LogP contribution < -0.4 is 5.43 Å². The average molecular weight is 302 g/mol. The van der Waals surface area contributed by atoms with Crippen LogP contribution in [0.15, 0.2) is 53.0 Å². The molecule has 1 aromatic rings. The highest BCUT2D eigenvalue weighted by Gasteiger charge is 2.17. The summed E-state index contributed by atoms with van der Waals surface area (Å²) in [5.41, 5.74) is 4.34. The largest absolute Gasteiger partial charge is 0.273 e. The van der Waals surface area contributed by atoms with E-state index in [1.807, 2.05) is 43.3 Å². The van der Waals surface area contributed by atoms with Gasteiger partial charge in [0.1, 0.15) is 0 Å². The van der Waals surface area contributed by atoms with Crippen molar-refractivity contribution >= 4 is 28.5 Å². The normalized spacial score (nSPS) is 20.0. The van der Waals surface area contributed by atoms with Crippen LogP contribution in [0, 0.1) is 5.92 Å². The van der Waals surface area contributed by atoms with Crippen molar-refractivity contribution < 1.29 is 9.00 Å². The Morgan fingerprint density at radius 2 is 2.10 bits per heavy atom. The third-order valence-electron chi connectivity index (χ3n) is 3.16. The van der Waals surface area contributed by atoms with Crippen molar-refractivity contribution in [1.82, 2.24) is 5.43 Å². The number of hydrogen-bond donors (Lipinski definition) is 1. The van der Waals surface area contributed by atoms with E-state index in [9.17, 15) is 9.00 Å². The van der Waals surface area contributed by atoms with Gasteiger partial charge < -0.3 is 0 Å². The molecule has 0 spiro atoms. The zero-order valence-corrected chi connectivity index (χ0v) is 12.7. The number of amides is 1. The molecule has 110 valence electrons. The fraction of sp³-hybridized carbons (Fsp3) is 0.250. The molecule has 0 radical (unpaired) electrons. The summed E-state index contributed by atoms with van der Waals surface area (Å²) < 4.78 is 11.8. The first-order chi connectivity index (χ1) is 10.1. The Bertz CT molecular complexity index is 618. The lowest BCUT2D eigenvalue weighted by molar-refractivity contribution is -0.121. The van der Waals surface area contributed by atoms with Crippen LogP contribution >= 0.6 is 0 Å². The number of rotatable bonds is 5. The minimum absolute atomic E-state index is 0.0475. The van der Waals surface area contributed by atoms with Crippen LogP contribution in [-0.4, -0.2) is 21.6 Å². The highest BCUT2D eigenvalue weighted by Crippen LogP contribution is 2.14. The molecule has 5 heteroatoms. The number of nitrogens with one attached hydrogen (secondary N) is 1. The quantitative estimate of drug-likeness (QED) is 0.850. The van der Waals surface area contributed by atoms with E-state index in [0.29, 0.717) is 12.2 Å². The molecule has 2 unspecified atom stereocenters. The highest BCUT2D eigenvalue weighted by molar-refractivity contribution is 7.85. The van der Waals surface area contributed by atoms with E-state index in [1.165, 1.54) is 0 Å². The average Bonchev–Trinajstić information content (AvgIpc) is 2.47. The Morgan fingerprint density at radius 3 is 2.71 bits per heavy atom. The summed E-state index contributed by atoms with van der Waals surface area (Å²) in [5.74, 6) is 0.534. The van der Waals surface area contributed by atoms with E-state index in [-0.39, 0.29) is 11.8 Å². The molecule has 1 aromatic carbocycles. The lowest BCUT2D eigenvalue weighted by Gasteiger charge is -2.16. The Labute approximate surface area is 127 Å². The fourth-order valence-electron chi connectivity index (χ4n) is 1.98. The van der Waals surface area contributed by atoms with Crippen molar-refractivity contribution in [2.45, 2.75) is 18.2 Å². The van der Waals surface area contributed by atoms with Gasteiger partial charge in [-0.1, -0.05) is 31.2 Å². The second-order valence-electron chi connectivity index (χ2n) is 4.88. The van der Waals surface area contributed by atoms with Crippen molar-refractivity contribution in [3.8, 4) is 0 Å². The van der Waals surface area contributed by atoms with Crippen molar-refractivity contribution in [2.24, 2.45) is 11.0 Å². The number of allylic oxidation sites excluding steroid dienone is 1. The molecule has 1 amide bonds. The summed E-state index contributed by atoms with van der Waals surface area (Å²) >= 11 is 0. The van der Waals surface area contributed by atoms with Gasteiger partial charge in [-0.2, -0.15) is 5.10 Å². The lowest BCUT2D eigenvalue weighted by Crippen LogP contribution is -2.30. The topological polar surface area (TPSA) is 58.5 Å². The van der Waals surface area contributed by atoms with E-state index in [0.717, 1.165) is 16.2 Å². The van der Waals surface area contributed by atoms with Gasteiger partial charge in [0.2, 0.25) is 5.91 Å². The molecular formula is C16H18N2O2S. The number of nitrogens with zero attached hydrogens (tertiary/aromatic N) is 1. The molecule has 1 N–H and O–H groups in total. The summed E-state index contributed by atoms with van der Waals surface area (Å²) in [5, 5.41) is 4.05. The van der Waals surface area contributed by atoms with Crippen molar-refractivity contribution in [1.29, 1.82) is 0 Å². The molecule has 0 fully saturated rings. The maximum absolute atomic E-state index is 11.8. The van der Waals surface area contributed by atoms with Crippen LogP contribution in [0.4, 0.5) is 0 Å². The first-order valence-corrected chi connectivity index (χ1v) is 8.06. The van der Waals surface area contributed by atoms with Crippen LogP contribution in [0.5, 0.6) is 0 Å². The van der Waals surface area contributed by atoms with Crippen LogP contribution in [0.1, 0.15) is 18.9 Å². The van der Waals surface area contributed by atoms with Crippen LogP contribution in [0.2, 0.25) is 0 Å². The summed E-state index contributed by atoms with van der Waals surface area (Å²) in [6.07, 6.45) is 5.95.